The van der Waals surface area contributed by atoms with Gasteiger partial charge in [0.15, 0.2) is 0 Å². The van der Waals surface area contributed by atoms with Crippen molar-refractivity contribution in [2.24, 2.45) is 0 Å². The van der Waals surface area contributed by atoms with E-state index >= 15 is 0 Å². The lowest BCUT2D eigenvalue weighted by atomic mass is 10.1. The van der Waals surface area contributed by atoms with Crippen molar-refractivity contribution in [3.8, 4) is 5.75 Å². The van der Waals surface area contributed by atoms with Gasteiger partial charge >= 0.3 is 0 Å². The monoisotopic (exact) mass is 433 g/mol. The Morgan fingerprint density at radius 2 is 1.85 bits per heavy atom. The van der Waals surface area contributed by atoms with E-state index < -0.39 is 0 Å². The average molecular weight is 434 g/mol. The van der Waals surface area contributed by atoms with Crippen molar-refractivity contribution in [1.29, 1.82) is 0 Å². The molecule has 0 bridgehead atoms. The molecule has 3 rings (SSSR count). The molecule has 2 aromatic rings. The zero-order valence-electron chi connectivity index (χ0n) is 14.5. The van der Waals surface area contributed by atoms with E-state index in [4.69, 9.17) is 4.74 Å². The van der Waals surface area contributed by atoms with Crippen LogP contribution >= 0.6 is 27.7 Å². The van der Waals surface area contributed by atoms with E-state index in [0.29, 0.717) is 19.6 Å². The highest BCUT2D eigenvalue weighted by Gasteiger charge is 2.39. The van der Waals surface area contributed by atoms with Gasteiger partial charge in [0.2, 0.25) is 5.91 Å². The normalized spacial score (nSPS) is 17.0. The first-order valence-electron chi connectivity index (χ1n) is 8.55. The number of halogens is 1. The van der Waals surface area contributed by atoms with Crippen LogP contribution in [-0.2, 0) is 17.8 Å². The lowest BCUT2D eigenvalue weighted by Crippen LogP contribution is -2.32. The van der Waals surface area contributed by atoms with Crippen LogP contribution in [-0.4, -0.2) is 27.8 Å². The van der Waals surface area contributed by atoms with Crippen LogP contribution in [0.5, 0.6) is 5.75 Å². The molecule has 136 valence electrons. The maximum atomic E-state index is 12.5. The van der Waals surface area contributed by atoms with Gasteiger partial charge in [0.25, 0.3) is 5.24 Å². The Labute approximate surface area is 166 Å². The van der Waals surface area contributed by atoms with Crippen molar-refractivity contribution in [1.82, 2.24) is 4.90 Å². The highest BCUT2D eigenvalue weighted by molar-refractivity contribution is 9.10. The van der Waals surface area contributed by atoms with Gasteiger partial charge in [0, 0.05) is 11.0 Å². The molecule has 1 saturated heterocycles. The zero-order valence-corrected chi connectivity index (χ0v) is 16.9. The number of benzene rings is 2. The maximum absolute atomic E-state index is 12.5. The number of carbonyl (C=O) groups excluding carboxylic acids is 2. The van der Waals surface area contributed by atoms with E-state index in [1.165, 1.54) is 4.90 Å². The largest absolute Gasteiger partial charge is 0.489 e. The Balaban J connectivity index is 1.68. The molecule has 2 aromatic carbocycles. The molecule has 0 spiro atoms. The molecule has 0 unspecified atom stereocenters. The third kappa shape index (κ3) is 4.48. The van der Waals surface area contributed by atoms with Crippen molar-refractivity contribution in [2.75, 3.05) is 6.54 Å². The zero-order chi connectivity index (χ0) is 18.5. The van der Waals surface area contributed by atoms with Gasteiger partial charge in [0.05, 0.1) is 5.25 Å². The smallest absolute Gasteiger partial charge is 0.289 e. The minimum atomic E-state index is -0.369. The number of thioether (sulfide) groups is 1. The van der Waals surface area contributed by atoms with Crippen LogP contribution in [0.25, 0.3) is 0 Å². The molecule has 0 radical (unpaired) electrons. The second kappa shape index (κ2) is 8.73. The molecule has 6 heteroatoms. The van der Waals surface area contributed by atoms with Crippen molar-refractivity contribution in [2.45, 2.75) is 31.6 Å². The summed E-state index contributed by atoms with van der Waals surface area (Å²) in [5, 5.41) is -0.512. The van der Waals surface area contributed by atoms with E-state index in [1.807, 2.05) is 55.5 Å². The summed E-state index contributed by atoms with van der Waals surface area (Å²) in [6.07, 6.45) is 1.27. The molecule has 4 nitrogen and oxygen atoms in total. The number of amides is 2. The SMILES string of the molecule is CCCN1C(=O)S[C@@H](Cc2ccccc2OCc2ccc(Br)cc2)C1=O. The summed E-state index contributed by atoms with van der Waals surface area (Å²) < 4.78 is 7.00. The van der Waals surface area contributed by atoms with Gasteiger partial charge in [0.1, 0.15) is 12.4 Å². The van der Waals surface area contributed by atoms with Crippen LogP contribution in [0.1, 0.15) is 24.5 Å². The molecule has 1 atom stereocenters. The number of hydrogen-bond acceptors (Lipinski definition) is 4. The van der Waals surface area contributed by atoms with Crippen LogP contribution < -0.4 is 4.74 Å². The fraction of sp³-hybridized carbons (Fsp3) is 0.300. The topological polar surface area (TPSA) is 46.6 Å². The van der Waals surface area contributed by atoms with Crippen molar-refractivity contribution in [3.63, 3.8) is 0 Å². The molecule has 1 fully saturated rings. The Hall–Kier alpha value is -1.79. The van der Waals surface area contributed by atoms with E-state index in [1.54, 1.807) is 0 Å². The minimum Gasteiger partial charge on any atom is -0.489 e. The molecule has 0 N–H and O–H groups in total. The summed E-state index contributed by atoms with van der Waals surface area (Å²) >= 11 is 4.54. The summed E-state index contributed by atoms with van der Waals surface area (Å²) in [6, 6.07) is 15.7. The standard InChI is InChI=1S/C20H20BrNO3S/c1-2-11-22-19(23)18(26-20(22)24)12-15-5-3-4-6-17(15)25-13-14-7-9-16(21)10-8-14/h3-10,18H,2,11-13H2,1H3/t18-/m0/s1. The van der Waals surface area contributed by atoms with Crippen LogP contribution in [0.15, 0.2) is 53.0 Å². The number of ether oxygens (including phenoxy) is 1. The molecule has 26 heavy (non-hydrogen) atoms. The average Bonchev–Trinajstić information content (AvgIpc) is 2.90. The van der Waals surface area contributed by atoms with E-state index in [2.05, 4.69) is 15.9 Å². The molecule has 0 saturated carbocycles. The van der Waals surface area contributed by atoms with Crippen LogP contribution in [0.3, 0.4) is 0 Å². The Bertz CT molecular complexity index is 794. The van der Waals surface area contributed by atoms with Crippen molar-refractivity contribution < 1.29 is 14.3 Å². The highest BCUT2D eigenvalue weighted by Crippen LogP contribution is 2.32. The molecular weight excluding hydrogens is 414 g/mol. The van der Waals surface area contributed by atoms with Crippen molar-refractivity contribution >= 4 is 38.8 Å². The minimum absolute atomic E-state index is 0.0930. The van der Waals surface area contributed by atoms with E-state index in [0.717, 1.165) is 39.5 Å². The first kappa shape index (κ1) is 19.0. The van der Waals surface area contributed by atoms with E-state index in [9.17, 15) is 9.59 Å². The number of hydrogen-bond donors (Lipinski definition) is 0. The quantitative estimate of drug-likeness (QED) is 0.612. The molecule has 2 amide bonds. The third-order valence-corrected chi connectivity index (χ3v) is 5.74. The second-order valence-electron chi connectivity index (χ2n) is 6.09. The number of para-hydroxylation sites is 1. The predicted octanol–water partition coefficient (Wildman–Crippen LogP) is 5.04. The number of imide groups is 1. The summed E-state index contributed by atoms with van der Waals surface area (Å²) in [6.45, 7) is 2.91. The summed E-state index contributed by atoms with van der Waals surface area (Å²) in [5.41, 5.74) is 2.01. The number of nitrogens with zero attached hydrogens (tertiary/aromatic N) is 1. The fourth-order valence-corrected chi connectivity index (χ4v) is 4.12. The second-order valence-corrected chi connectivity index (χ2v) is 8.16. The maximum Gasteiger partial charge on any atom is 0.289 e. The van der Waals surface area contributed by atoms with Gasteiger partial charge in [-0.25, -0.2) is 0 Å². The molecular formula is C20H20BrNO3S. The Kier molecular flexibility index (Phi) is 6.38. The predicted molar refractivity (Wildman–Crippen MR) is 107 cm³/mol. The Morgan fingerprint density at radius 3 is 2.58 bits per heavy atom. The molecule has 0 aliphatic carbocycles. The van der Waals surface area contributed by atoms with Crippen LogP contribution in [0, 0.1) is 0 Å². The first-order chi connectivity index (χ1) is 12.6. The number of carbonyl (C=O) groups is 2. The van der Waals surface area contributed by atoms with Gasteiger partial charge in [-0.05, 0) is 42.2 Å². The lowest BCUT2D eigenvalue weighted by molar-refractivity contribution is -0.126. The van der Waals surface area contributed by atoms with Gasteiger partial charge in [-0.2, -0.15) is 0 Å². The number of rotatable bonds is 7. The van der Waals surface area contributed by atoms with Crippen LogP contribution in [0.2, 0.25) is 0 Å². The fourth-order valence-electron chi connectivity index (χ4n) is 2.81. The van der Waals surface area contributed by atoms with Gasteiger partial charge in [-0.1, -0.05) is 64.9 Å². The lowest BCUT2D eigenvalue weighted by Gasteiger charge is -2.14. The molecule has 1 heterocycles. The molecule has 1 aliphatic heterocycles. The molecule has 1 aliphatic rings. The first-order valence-corrected chi connectivity index (χ1v) is 10.2. The van der Waals surface area contributed by atoms with Crippen molar-refractivity contribution in [3.05, 3.63) is 64.1 Å². The Morgan fingerprint density at radius 1 is 1.12 bits per heavy atom. The van der Waals surface area contributed by atoms with Gasteiger partial charge in [-0.15, -0.1) is 0 Å². The summed E-state index contributed by atoms with van der Waals surface area (Å²) in [4.78, 5) is 25.9. The summed E-state index contributed by atoms with van der Waals surface area (Å²) in [5.74, 6) is 0.662. The third-order valence-electron chi connectivity index (χ3n) is 4.14. The van der Waals surface area contributed by atoms with Gasteiger partial charge < -0.3 is 4.74 Å². The van der Waals surface area contributed by atoms with E-state index in [-0.39, 0.29) is 16.4 Å². The molecule has 0 aromatic heterocycles. The van der Waals surface area contributed by atoms with Crippen LogP contribution in [0.4, 0.5) is 4.79 Å². The van der Waals surface area contributed by atoms with Gasteiger partial charge in [-0.3, -0.25) is 14.5 Å². The highest BCUT2D eigenvalue weighted by atomic mass is 79.9. The summed E-state index contributed by atoms with van der Waals surface area (Å²) in [7, 11) is 0.